The average molecular weight is 339 g/mol. The van der Waals surface area contributed by atoms with Crippen molar-refractivity contribution >= 4 is 16.9 Å². The number of amides is 1. The predicted octanol–water partition coefficient (Wildman–Crippen LogP) is 3.06. The van der Waals surface area contributed by atoms with Crippen molar-refractivity contribution in [1.29, 1.82) is 0 Å². The monoisotopic (exact) mass is 339 g/mol. The molecule has 1 atom stereocenters. The number of rotatable bonds is 7. The van der Waals surface area contributed by atoms with E-state index < -0.39 is 0 Å². The third kappa shape index (κ3) is 3.90. The molecule has 0 unspecified atom stereocenters. The molecule has 0 bridgehead atoms. The Morgan fingerprint density at radius 1 is 1.24 bits per heavy atom. The molecule has 1 N–H and O–H groups in total. The lowest BCUT2D eigenvalue weighted by molar-refractivity contribution is -0.122. The second kappa shape index (κ2) is 7.51. The number of aryl methyl sites for hydroxylation is 2. The molecule has 0 aliphatic heterocycles. The van der Waals surface area contributed by atoms with Gasteiger partial charge in [0, 0.05) is 32.4 Å². The van der Waals surface area contributed by atoms with E-state index in [-0.39, 0.29) is 17.9 Å². The normalized spacial score (nSPS) is 12.6. The second-order valence-corrected chi connectivity index (χ2v) is 6.68. The van der Waals surface area contributed by atoms with Gasteiger partial charge < -0.3 is 9.88 Å². The molecule has 25 heavy (non-hydrogen) atoms. The maximum absolute atomic E-state index is 12.4. The van der Waals surface area contributed by atoms with Crippen molar-refractivity contribution in [2.45, 2.75) is 39.3 Å². The van der Waals surface area contributed by atoms with Crippen LogP contribution in [0.4, 0.5) is 0 Å². The van der Waals surface area contributed by atoms with Gasteiger partial charge >= 0.3 is 0 Å². The van der Waals surface area contributed by atoms with E-state index in [1.165, 1.54) is 0 Å². The maximum atomic E-state index is 12.4. The number of benzene rings is 1. The molecular formula is C19H25N5O. The van der Waals surface area contributed by atoms with Crippen molar-refractivity contribution in [3.05, 3.63) is 48.5 Å². The molecule has 1 aromatic carbocycles. The van der Waals surface area contributed by atoms with Gasteiger partial charge in [-0.15, -0.1) is 0 Å². The molecule has 0 saturated carbocycles. The van der Waals surface area contributed by atoms with E-state index in [4.69, 9.17) is 4.98 Å². The number of imidazole rings is 1. The Morgan fingerprint density at radius 2 is 2.04 bits per heavy atom. The van der Waals surface area contributed by atoms with Crippen LogP contribution in [-0.4, -0.2) is 25.2 Å². The molecule has 0 aliphatic rings. The van der Waals surface area contributed by atoms with Crippen LogP contribution >= 0.6 is 0 Å². The molecule has 132 valence electrons. The molecule has 2 aromatic heterocycles. The number of nitrogens with zero attached hydrogens (tertiary/aromatic N) is 4. The molecule has 1 amide bonds. The minimum Gasteiger partial charge on any atom is -0.346 e. The Labute approximate surface area is 147 Å². The maximum Gasteiger partial charge on any atom is 0.220 e. The lowest BCUT2D eigenvalue weighted by atomic mass is 10.0. The number of hydrogen-bond acceptors (Lipinski definition) is 3. The van der Waals surface area contributed by atoms with Gasteiger partial charge in [0.15, 0.2) is 0 Å². The van der Waals surface area contributed by atoms with Crippen molar-refractivity contribution < 1.29 is 4.79 Å². The summed E-state index contributed by atoms with van der Waals surface area (Å²) in [5, 5.41) is 7.32. The summed E-state index contributed by atoms with van der Waals surface area (Å²) in [6.45, 7) is 4.96. The van der Waals surface area contributed by atoms with Crippen molar-refractivity contribution in [1.82, 2.24) is 24.6 Å². The van der Waals surface area contributed by atoms with Crippen LogP contribution in [0.15, 0.2) is 42.7 Å². The summed E-state index contributed by atoms with van der Waals surface area (Å²) in [5.74, 6) is 1.21. The van der Waals surface area contributed by atoms with Gasteiger partial charge in [-0.3, -0.25) is 9.48 Å². The number of hydrogen-bond donors (Lipinski definition) is 1. The van der Waals surface area contributed by atoms with Crippen LogP contribution in [-0.2, 0) is 18.4 Å². The molecule has 0 spiro atoms. The summed E-state index contributed by atoms with van der Waals surface area (Å²) in [5.41, 5.74) is 2.04. The average Bonchev–Trinajstić information content (AvgIpc) is 3.21. The predicted molar refractivity (Wildman–Crippen MR) is 97.9 cm³/mol. The highest BCUT2D eigenvalue weighted by atomic mass is 16.1. The van der Waals surface area contributed by atoms with Crippen LogP contribution in [0.5, 0.6) is 0 Å². The minimum absolute atomic E-state index is 0.0536. The minimum atomic E-state index is -0.102. The first-order chi connectivity index (χ1) is 12.1. The van der Waals surface area contributed by atoms with Gasteiger partial charge in [0.1, 0.15) is 5.82 Å². The fourth-order valence-corrected chi connectivity index (χ4v) is 3.05. The molecule has 0 fully saturated rings. The van der Waals surface area contributed by atoms with Crippen LogP contribution < -0.4 is 5.32 Å². The van der Waals surface area contributed by atoms with E-state index in [1.807, 2.05) is 42.2 Å². The summed E-state index contributed by atoms with van der Waals surface area (Å²) >= 11 is 0. The van der Waals surface area contributed by atoms with Crippen molar-refractivity contribution in [3.63, 3.8) is 0 Å². The highest BCUT2D eigenvalue weighted by Crippen LogP contribution is 2.24. The zero-order chi connectivity index (χ0) is 17.8. The molecule has 0 radical (unpaired) electrons. The standard InChI is InChI=1S/C19H25N5O/c1-14(2)18(19-21-15-8-4-5-9-16(15)23(19)3)22-17(25)10-6-12-24-13-7-11-20-24/h4-5,7-9,11,13-14,18H,6,10,12H2,1-3H3,(H,22,25)/t18-/m1/s1. The Morgan fingerprint density at radius 3 is 2.72 bits per heavy atom. The zero-order valence-corrected chi connectivity index (χ0v) is 15.0. The molecular weight excluding hydrogens is 314 g/mol. The Kier molecular flexibility index (Phi) is 5.16. The number of carbonyl (C=O) groups is 1. The summed E-state index contributed by atoms with van der Waals surface area (Å²) in [7, 11) is 2.00. The van der Waals surface area contributed by atoms with Gasteiger partial charge in [-0.2, -0.15) is 5.10 Å². The zero-order valence-electron chi connectivity index (χ0n) is 15.0. The van der Waals surface area contributed by atoms with Gasteiger partial charge in [0.05, 0.1) is 17.1 Å². The highest BCUT2D eigenvalue weighted by molar-refractivity contribution is 5.78. The van der Waals surface area contributed by atoms with E-state index >= 15 is 0 Å². The van der Waals surface area contributed by atoms with Gasteiger partial charge in [0.2, 0.25) is 5.91 Å². The van der Waals surface area contributed by atoms with Crippen LogP contribution in [0.2, 0.25) is 0 Å². The highest BCUT2D eigenvalue weighted by Gasteiger charge is 2.23. The van der Waals surface area contributed by atoms with E-state index in [9.17, 15) is 4.79 Å². The quantitative estimate of drug-likeness (QED) is 0.719. The number of aromatic nitrogens is 4. The van der Waals surface area contributed by atoms with Crippen LogP contribution in [0.3, 0.4) is 0 Å². The van der Waals surface area contributed by atoms with Crippen molar-refractivity contribution in [2.24, 2.45) is 13.0 Å². The molecule has 6 nitrogen and oxygen atoms in total. The largest absolute Gasteiger partial charge is 0.346 e. The lowest BCUT2D eigenvalue weighted by Gasteiger charge is -2.22. The third-order valence-electron chi connectivity index (χ3n) is 4.43. The summed E-state index contributed by atoms with van der Waals surface area (Å²) in [6, 6.07) is 9.83. The molecule has 0 aliphatic carbocycles. The fourth-order valence-electron chi connectivity index (χ4n) is 3.05. The molecule has 3 aromatic rings. The van der Waals surface area contributed by atoms with Crippen LogP contribution in [0.1, 0.15) is 38.6 Å². The molecule has 2 heterocycles. The first-order valence-electron chi connectivity index (χ1n) is 8.74. The van der Waals surface area contributed by atoms with Crippen LogP contribution in [0, 0.1) is 5.92 Å². The van der Waals surface area contributed by atoms with Crippen molar-refractivity contribution in [2.75, 3.05) is 0 Å². The lowest BCUT2D eigenvalue weighted by Crippen LogP contribution is -2.33. The molecule has 6 heteroatoms. The Balaban J connectivity index is 1.68. The molecule has 0 saturated heterocycles. The summed E-state index contributed by atoms with van der Waals surface area (Å²) in [4.78, 5) is 17.2. The second-order valence-electron chi connectivity index (χ2n) is 6.68. The van der Waals surface area contributed by atoms with E-state index in [2.05, 4.69) is 34.9 Å². The third-order valence-corrected chi connectivity index (χ3v) is 4.43. The smallest absolute Gasteiger partial charge is 0.220 e. The fraction of sp³-hybridized carbons (Fsp3) is 0.421. The van der Waals surface area contributed by atoms with Crippen LogP contribution in [0.25, 0.3) is 11.0 Å². The molecule has 3 rings (SSSR count). The van der Waals surface area contributed by atoms with Gasteiger partial charge in [-0.1, -0.05) is 26.0 Å². The van der Waals surface area contributed by atoms with Gasteiger partial charge in [-0.05, 0) is 30.5 Å². The van der Waals surface area contributed by atoms with E-state index in [0.717, 1.165) is 29.8 Å². The van der Waals surface area contributed by atoms with E-state index in [1.54, 1.807) is 6.20 Å². The first-order valence-corrected chi connectivity index (χ1v) is 8.74. The van der Waals surface area contributed by atoms with Crippen molar-refractivity contribution in [3.8, 4) is 0 Å². The topological polar surface area (TPSA) is 64.7 Å². The first kappa shape index (κ1) is 17.2. The number of fused-ring (bicyclic) bond motifs is 1. The Bertz CT molecular complexity index is 835. The summed E-state index contributed by atoms with van der Waals surface area (Å²) < 4.78 is 3.92. The number of nitrogens with one attached hydrogen (secondary N) is 1. The number of para-hydroxylation sites is 2. The van der Waals surface area contributed by atoms with E-state index in [0.29, 0.717) is 6.42 Å². The Hall–Kier alpha value is -2.63. The number of carbonyl (C=O) groups excluding carboxylic acids is 1. The van der Waals surface area contributed by atoms with Gasteiger partial charge in [-0.25, -0.2) is 4.98 Å². The van der Waals surface area contributed by atoms with Gasteiger partial charge in [0.25, 0.3) is 0 Å². The SMILES string of the molecule is CC(C)[C@@H](NC(=O)CCCn1cccn1)c1nc2ccccc2n1C. The summed E-state index contributed by atoms with van der Waals surface area (Å²) in [6.07, 6.45) is 4.91.